The summed E-state index contributed by atoms with van der Waals surface area (Å²) in [6.45, 7) is 5.45. The van der Waals surface area contributed by atoms with Crippen molar-refractivity contribution in [2.75, 3.05) is 23.7 Å². The van der Waals surface area contributed by atoms with E-state index < -0.39 is 34.3 Å². The van der Waals surface area contributed by atoms with E-state index in [0.29, 0.717) is 17.1 Å². The molecule has 0 fully saturated rings. The van der Waals surface area contributed by atoms with E-state index in [-0.39, 0.29) is 35.5 Å². The molecule has 0 saturated heterocycles. The fourth-order valence-corrected chi connectivity index (χ4v) is 4.58. The first-order valence-corrected chi connectivity index (χ1v) is 13.7. The molecule has 0 spiro atoms. The Kier molecular flexibility index (Phi) is 10.4. The Balaban J connectivity index is 2.44. The van der Waals surface area contributed by atoms with E-state index in [2.05, 4.69) is 5.32 Å². The van der Waals surface area contributed by atoms with Gasteiger partial charge in [-0.2, -0.15) is 0 Å². The van der Waals surface area contributed by atoms with Gasteiger partial charge in [-0.25, -0.2) is 12.8 Å². The summed E-state index contributed by atoms with van der Waals surface area (Å²) in [4.78, 5) is 27.9. The van der Waals surface area contributed by atoms with E-state index >= 15 is 0 Å². The van der Waals surface area contributed by atoms with Crippen molar-refractivity contribution >= 4 is 50.7 Å². The van der Waals surface area contributed by atoms with Crippen molar-refractivity contribution in [2.45, 2.75) is 39.8 Å². The zero-order chi connectivity index (χ0) is 26.3. The van der Waals surface area contributed by atoms with Crippen molar-refractivity contribution in [3.63, 3.8) is 0 Å². The van der Waals surface area contributed by atoms with E-state index in [1.165, 1.54) is 23.1 Å². The lowest BCUT2D eigenvalue weighted by molar-refractivity contribution is -0.140. The number of rotatable bonds is 11. The van der Waals surface area contributed by atoms with Crippen LogP contribution in [-0.2, 0) is 26.2 Å². The quantitative estimate of drug-likeness (QED) is 0.451. The number of amides is 2. The third-order valence-electron chi connectivity index (χ3n) is 5.18. The summed E-state index contributed by atoms with van der Waals surface area (Å²) in [6.07, 6.45) is 1.22. The third-order valence-corrected chi connectivity index (χ3v) is 7.06. The highest BCUT2D eigenvalue weighted by Crippen LogP contribution is 2.25. The maximum absolute atomic E-state index is 13.8. The SMILES string of the molecule is CC[C@@H](C(=O)NCC(C)C)N(Cc1ccc(Cl)c(Cl)c1)C(=O)CN(c1cccc(F)c1)S(C)(=O)=O. The van der Waals surface area contributed by atoms with Crippen LogP contribution in [0.5, 0.6) is 0 Å². The van der Waals surface area contributed by atoms with E-state index in [0.717, 1.165) is 16.6 Å². The number of hydrogen-bond acceptors (Lipinski definition) is 4. The molecule has 0 heterocycles. The molecule has 2 amide bonds. The molecule has 0 saturated carbocycles. The van der Waals surface area contributed by atoms with Gasteiger partial charge in [-0.3, -0.25) is 13.9 Å². The first kappa shape index (κ1) is 28.9. The van der Waals surface area contributed by atoms with Crippen LogP contribution >= 0.6 is 23.2 Å². The van der Waals surface area contributed by atoms with E-state index in [9.17, 15) is 22.4 Å². The molecule has 2 aromatic rings. The van der Waals surface area contributed by atoms with Crippen LogP contribution in [0.3, 0.4) is 0 Å². The first-order chi connectivity index (χ1) is 16.3. The lowest BCUT2D eigenvalue weighted by atomic mass is 10.1. The minimum Gasteiger partial charge on any atom is -0.354 e. The molecular weight excluding hydrogens is 516 g/mol. The van der Waals surface area contributed by atoms with Crippen LogP contribution in [0.25, 0.3) is 0 Å². The van der Waals surface area contributed by atoms with Crippen molar-refractivity contribution < 1.29 is 22.4 Å². The molecular formula is C24H30Cl2FN3O4S. The average molecular weight is 546 g/mol. The molecule has 7 nitrogen and oxygen atoms in total. The Morgan fingerprint density at radius 1 is 1.09 bits per heavy atom. The van der Waals surface area contributed by atoms with Gasteiger partial charge < -0.3 is 10.2 Å². The molecule has 35 heavy (non-hydrogen) atoms. The van der Waals surface area contributed by atoms with E-state index in [4.69, 9.17) is 23.2 Å². The minimum atomic E-state index is -3.94. The van der Waals surface area contributed by atoms with Crippen molar-refractivity contribution in [2.24, 2.45) is 5.92 Å². The number of hydrogen-bond donors (Lipinski definition) is 1. The number of nitrogens with zero attached hydrogens (tertiary/aromatic N) is 2. The molecule has 0 bridgehead atoms. The summed E-state index contributed by atoms with van der Waals surface area (Å²) < 4.78 is 39.7. The van der Waals surface area contributed by atoms with Gasteiger partial charge in [0.05, 0.1) is 22.0 Å². The number of carbonyl (C=O) groups excluding carboxylic acids is 2. The molecule has 11 heteroatoms. The molecule has 0 unspecified atom stereocenters. The summed E-state index contributed by atoms with van der Waals surface area (Å²) in [7, 11) is -3.94. The Morgan fingerprint density at radius 3 is 2.31 bits per heavy atom. The van der Waals surface area contributed by atoms with Gasteiger partial charge in [0, 0.05) is 13.1 Å². The predicted molar refractivity (Wildman–Crippen MR) is 138 cm³/mol. The normalized spacial score (nSPS) is 12.3. The van der Waals surface area contributed by atoms with Crippen molar-refractivity contribution in [3.05, 3.63) is 63.9 Å². The molecule has 1 N–H and O–H groups in total. The lowest BCUT2D eigenvalue weighted by Crippen LogP contribution is -2.52. The van der Waals surface area contributed by atoms with Gasteiger partial charge in [0.15, 0.2) is 0 Å². The number of nitrogens with one attached hydrogen (secondary N) is 1. The highest BCUT2D eigenvalue weighted by atomic mass is 35.5. The van der Waals surface area contributed by atoms with Crippen LogP contribution in [0.4, 0.5) is 10.1 Å². The van der Waals surface area contributed by atoms with Crippen LogP contribution in [0.15, 0.2) is 42.5 Å². The third kappa shape index (κ3) is 8.37. The zero-order valence-corrected chi connectivity index (χ0v) is 22.4. The molecule has 1 atom stereocenters. The summed E-state index contributed by atoms with van der Waals surface area (Å²) in [5.41, 5.74) is 0.618. The van der Waals surface area contributed by atoms with Crippen LogP contribution in [0.2, 0.25) is 10.0 Å². The smallest absolute Gasteiger partial charge is 0.244 e. The van der Waals surface area contributed by atoms with Crippen LogP contribution in [0, 0.1) is 11.7 Å². The Hall–Kier alpha value is -2.36. The molecule has 0 aliphatic heterocycles. The molecule has 2 rings (SSSR count). The molecule has 2 aromatic carbocycles. The Labute approximate surface area is 216 Å². The largest absolute Gasteiger partial charge is 0.354 e. The number of sulfonamides is 1. The minimum absolute atomic E-state index is 0.00708. The summed E-state index contributed by atoms with van der Waals surface area (Å²) in [5, 5.41) is 3.46. The fourth-order valence-electron chi connectivity index (χ4n) is 3.42. The summed E-state index contributed by atoms with van der Waals surface area (Å²) >= 11 is 12.1. The van der Waals surface area contributed by atoms with Gasteiger partial charge >= 0.3 is 0 Å². The monoisotopic (exact) mass is 545 g/mol. The number of anilines is 1. The van der Waals surface area contributed by atoms with E-state index in [1.54, 1.807) is 25.1 Å². The molecule has 0 radical (unpaired) electrons. The molecule has 192 valence electrons. The van der Waals surface area contributed by atoms with E-state index in [1.807, 2.05) is 13.8 Å². The first-order valence-electron chi connectivity index (χ1n) is 11.1. The maximum atomic E-state index is 13.8. The van der Waals surface area contributed by atoms with Crippen LogP contribution < -0.4 is 9.62 Å². The Morgan fingerprint density at radius 2 is 1.77 bits per heavy atom. The van der Waals surface area contributed by atoms with Crippen LogP contribution in [-0.4, -0.2) is 50.5 Å². The van der Waals surface area contributed by atoms with Gasteiger partial charge in [-0.05, 0) is 48.2 Å². The Bertz CT molecular complexity index is 1160. The van der Waals surface area contributed by atoms with Crippen molar-refractivity contribution in [3.8, 4) is 0 Å². The number of halogens is 3. The van der Waals surface area contributed by atoms with Gasteiger partial charge in [0.25, 0.3) is 0 Å². The maximum Gasteiger partial charge on any atom is 0.244 e. The number of benzene rings is 2. The second-order valence-corrected chi connectivity index (χ2v) is 11.3. The second-order valence-electron chi connectivity index (χ2n) is 8.58. The van der Waals surface area contributed by atoms with Crippen molar-refractivity contribution in [1.82, 2.24) is 10.2 Å². The van der Waals surface area contributed by atoms with Gasteiger partial charge in [-0.1, -0.05) is 56.1 Å². The van der Waals surface area contributed by atoms with Crippen molar-refractivity contribution in [1.29, 1.82) is 0 Å². The topological polar surface area (TPSA) is 86.8 Å². The lowest BCUT2D eigenvalue weighted by Gasteiger charge is -2.33. The predicted octanol–water partition coefficient (Wildman–Crippen LogP) is 4.48. The summed E-state index contributed by atoms with van der Waals surface area (Å²) in [6, 6.07) is 8.93. The highest BCUT2D eigenvalue weighted by Gasteiger charge is 2.32. The standard InChI is InChI=1S/C24H30Cl2FN3O4S/c1-5-22(24(32)28-13-16(2)3)29(14-17-9-10-20(25)21(26)11-17)23(31)15-30(35(4,33)34)19-8-6-7-18(27)12-19/h6-12,16,22H,5,13-15H2,1-4H3,(H,28,32)/t22-/m0/s1. The van der Waals surface area contributed by atoms with Gasteiger partial charge in [0.1, 0.15) is 18.4 Å². The second kappa shape index (κ2) is 12.6. The average Bonchev–Trinajstić information content (AvgIpc) is 2.77. The van der Waals surface area contributed by atoms with Crippen LogP contribution in [0.1, 0.15) is 32.8 Å². The molecule has 0 aliphatic carbocycles. The molecule has 0 aromatic heterocycles. The zero-order valence-electron chi connectivity index (χ0n) is 20.1. The van der Waals surface area contributed by atoms with Gasteiger partial charge in [0.2, 0.25) is 21.8 Å². The fraction of sp³-hybridized carbons (Fsp3) is 0.417. The number of carbonyl (C=O) groups is 2. The summed E-state index contributed by atoms with van der Waals surface area (Å²) in [5.74, 6) is -1.43. The highest BCUT2D eigenvalue weighted by molar-refractivity contribution is 7.92. The molecule has 0 aliphatic rings. The van der Waals surface area contributed by atoms with Gasteiger partial charge in [-0.15, -0.1) is 0 Å².